The average molecular weight is 317 g/mol. The number of hydrogen-bond acceptors (Lipinski definition) is 9. The summed E-state index contributed by atoms with van der Waals surface area (Å²) in [6, 6.07) is 8.21. The zero-order valence-electron chi connectivity index (χ0n) is 11.0. The van der Waals surface area contributed by atoms with Gasteiger partial charge in [0, 0.05) is 6.42 Å². The molecule has 0 amide bonds. The van der Waals surface area contributed by atoms with Crippen LogP contribution in [0.3, 0.4) is 0 Å². The monoisotopic (exact) mass is 317 g/mol. The Kier molecular flexibility index (Phi) is 6.28. The highest BCUT2D eigenvalue weighted by Gasteiger charge is 2.30. The van der Waals surface area contributed by atoms with Crippen molar-refractivity contribution in [1.29, 1.82) is 0 Å². The highest BCUT2D eigenvalue weighted by Crippen LogP contribution is 2.13. The molecule has 0 saturated heterocycles. The quantitative estimate of drug-likeness (QED) is 0.444. The van der Waals surface area contributed by atoms with Crippen LogP contribution in [-0.2, 0) is 20.9 Å². The summed E-state index contributed by atoms with van der Waals surface area (Å²) in [5.74, 6) is 0. The molecule has 2 atom stereocenters. The second-order valence-corrected chi connectivity index (χ2v) is 3.94. The molecular formula is C10H11N3O9. The lowest BCUT2D eigenvalue weighted by molar-refractivity contribution is -0.810. The third-order valence-electron chi connectivity index (χ3n) is 2.48. The van der Waals surface area contributed by atoms with Crippen LogP contribution in [0.1, 0.15) is 5.56 Å². The van der Waals surface area contributed by atoms with E-state index in [0.717, 1.165) is 0 Å². The average Bonchev–Trinajstić information content (AvgIpc) is 2.43. The molecule has 0 aliphatic heterocycles. The third kappa shape index (κ3) is 6.31. The van der Waals surface area contributed by atoms with Crippen molar-refractivity contribution in [2.45, 2.75) is 18.6 Å². The molecule has 22 heavy (non-hydrogen) atoms. The first-order valence-electron chi connectivity index (χ1n) is 5.82. The van der Waals surface area contributed by atoms with E-state index in [9.17, 15) is 30.3 Å². The highest BCUT2D eigenvalue weighted by molar-refractivity contribution is 5.15. The summed E-state index contributed by atoms with van der Waals surface area (Å²) in [5, 5.41) is 27.5. The van der Waals surface area contributed by atoms with Gasteiger partial charge in [0.15, 0.2) is 6.10 Å². The van der Waals surface area contributed by atoms with Gasteiger partial charge >= 0.3 is 0 Å². The van der Waals surface area contributed by atoms with Gasteiger partial charge in [-0.15, -0.1) is 30.3 Å². The normalized spacial score (nSPS) is 12.7. The fraction of sp³-hybridized carbons (Fsp3) is 0.400. The van der Waals surface area contributed by atoms with Gasteiger partial charge < -0.3 is 14.5 Å². The summed E-state index contributed by atoms with van der Waals surface area (Å²) in [7, 11) is 0. The molecule has 1 aromatic carbocycles. The third-order valence-corrected chi connectivity index (χ3v) is 2.48. The van der Waals surface area contributed by atoms with E-state index in [1.807, 2.05) is 0 Å². The van der Waals surface area contributed by atoms with Gasteiger partial charge in [0.05, 0.1) is 0 Å². The molecule has 0 fully saturated rings. The van der Waals surface area contributed by atoms with Crippen molar-refractivity contribution >= 4 is 0 Å². The van der Waals surface area contributed by atoms with Crippen molar-refractivity contribution in [3.63, 3.8) is 0 Å². The standard InChI is InChI=1S/C10H11N3O9/c14-11(15)20-7-10(22-13(18)19)9(21-12(16)17)6-8-4-2-1-3-5-8/h1-5,9-10H,6-7H2/t9-,10+/m0/s1. The first-order chi connectivity index (χ1) is 10.4. The molecule has 0 heterocycles. The summed E-state index contributed by atoms with van der Waals surface area (Å²) < 4.78 is 0. The minimum Gasteiger partial charge on any atom is -0.311 e. The van der Waals surface area contributed by atoms with Crippen LogP contribution in [0, 0.1) is 30.3 Å². The second-order valence-electron chi connectivity index (χ2n) is 3.94. The van der Waals surface area contributed by atoms with E-state index in [-0.39, 0.29) is 6.42 Å². The molecule has 12 heteroatoms. The van der Waals surface area contributed by atoms with Crippen molar-refractivity contribution in [3.8, 4) is 0 Å². The van der Waals surface area contributed by atoms with Gasteiger partial charge in [-0.1, -0.05) is 30.3 Å². The maximum Gasteiger partial charge on any atom is 0.294 e. The molecule has 0 unspecified atom stereocenters. The summed E-state index contributed by atoms with van der Waals surface area (Å²) in [6.07, 6.45) is -3.24. The Balaban J connectivity index is 2.88. The number of benzene rings is 1. The van der Waals surface area contributed by atoms with Crippen LogP contribution in [0.5, 0.6) is 0 Å². The zero-order valence-corrected chi connectivity index (χ0v) is 11.0. The van der Waals surface area contributed by atoms with Crippen LogP contribution >= 0.6 is 0 Å². The second kappa shape index (κ2) is 8.18. The van der Waals surface area contributed by atoms with Crippen molar-refractivity contribution in [2.24, 2.45) is 0 Å². The van der Waals surface area contributed by atoms with E-state index in [4.69, 9.17) is 0 Å². The van der Waals surface area contributed by atoms with E-state index < -0.39 is 34.1 Å². The predicted octanol–water partition coefficient (Wildman–Crippen LogP) is 0.591. The van der Waals surface area contributed by atoms with E-state index in [1.54, 1.807) is 30.3 Å². The lowest BCUT2D eigenvalue weighted by atomic mass is 10.0. The fourth-order valence-electron chi connectivity index (χ4n) is 1.64. The van der Waals surface area contributed by atoms with Crippen LogP contribution in [0.2, 0.25) is 0 Å². The Labute approximate surface area is 122 Å². The van der Waals surface area contributed by atoms with E-state index in [2.05, 4.69) is 14.5 Å². The Morgan fingerprint density at radius 1 is 0.864 bits per heavy atom. The van der Waals surface area contributed by atoms with Crippen LogP contribution in [0.25, 0.3) is 0 Å². The molecular weight excluding hydrogens is 306 g/mol. The van der Waals surface area contributed by atoms with Gasteiger partial charge in [-0.3, -0.25) is 0 Å². The first kappa shape index (κ1) is 16.9. The molecule has 0 radical (unpaired) electrons. The van der Waals surface area contributed by atoms with Gasteiger partial charge in [-0.25, -0.2) is 0 Å². The van der Waals surface area contributed by atoms with Crippen LogP contribution in [0.15, 0.2) is 30.3 Å². The Morgan fingerprint density at radius 2 is 1.41 bits per heavy atom. The van der Waals surface area contributed by atoms with Gasteiger partial charge in [-0.2, -0.15) is 0 Å². The smallest absolute Gasteiger partial charge is 0.294 e. The lowest BCUT2D eigenvalue weighted by Gasteiger charge is -2.22. The minimum absolute atomic E-state index is 0.137. The summed E-state index contributed by atoms with van der Waals surface area (Å²) in [5.41, 5.74) is 0.562. The van der Waals surface area contributed by atoms with Crippen molar-refractivity contribution < 1.29 is 29.8 Å². The molecule has 0 N–H and O–H groups in total. The van der Waals surface area contributed by atoms with Gasteiger partial charge in [0.25, 0.3) is 15.3 Å². The van der Waals surface area contributed by atoms with Gasteiger partial charge in [-0.05, 0) is 5.56 Å². The first-order valence-corrected chi connectivity index (χ1v) is 5.82. The molecule has 0 saturated carbocycles. The van der Waals surface area contributed by atoms with Crippen LogP contribution < -0.4 is 0 Å². The van der Waals surface area contributed by atoms with Crippen LogP contribution in [-0.4, -0.2) is 34.1 Å². The molecule has 1 rings (SSSR count). The van der Waals surface area contributed by atoms with Crippen LogP contribution in [0.4, 0.5) is 0 Å². The zero-order chi connectivity index (χ0) is 16.5. The highest BCUT2D eigenvalue weighted by atomic mass is 17.0. The molecule has 0 spiro atoms. The SMILES string of the molecule is O=[N+]([O-])OC[C@@H](O[N+](=O)[O-])[C@H](Cc1ccccc1)O[N+](=O)[O-]. The molecule has 1 aromatic rings. The maximum absolute atomic E-state index is 10.5. The van der Waals surface area contributed by atoms with E-state index >= 15 is 0 Å². The summed E-state index contributed by atoms with van der Waals surface area (Å²) in [6.45, 7) is -0.890. The molecule has 0 aromatic heterocycles. The maximum atomic E-state index is 10.5. The topological polar surface area (TPSA) is 157 Å². The Bertz CT molecular complexity index is 524. The number of rotatable bonds is 10. The lowest BCUT2D eigenvalue weighted by Crippen LogP contribution is -2.40. The van der Waals surface area contributed by atoms with Gasteiger partial charge in [0.2, 0.25) is 0 Å². The fourth-order valence-corrected chi connectivity index (χ4v) is 1.64. The number of nitrogens with zero attached hydrogens (tertiary/aromatic N) is 3. The molecule has 0 aliphatic rings. The molecule has 12 nitrogen and oxygen atoms in total. The van der Waals surface area contributed by atoms with E-state index in [1.165, 1.54) is 0 Å². The van der Waals surface area contributed by atoms with E-state index in [0.29, 0.717) is 5.56 Å². The predicted molar refractivity (Wildman–Crippen MR) is 66.8 cm³/mol. The summed E-state index contributed by atoms with van der Waals surface area (Å²) in [4.78, 5) is 43.7. The Hall–Kier alpha value is -3.18. The molecule has 0 bridgehead atoms. The number of hydrogen-bond donors (Lipinski definition) is 0. The van der Waals surface area contributed by atoms with Crippen molar-refractivity contribution in [1.82, 2.24) is 0 Å². The van der Waals surface area contributed by atoms with Crippen molar-refractivity contribution in [3.05, 3.63) is 66.2 Å². The van der Waals surface area contributed by atoms with Crippen molar-refractivity contribution in [2.75, 3.05) is 6.61 Å². The largest absolute Gasteiger partial charge is 0.311 e. The summed E-state index contributed by atoms with van der Waals surface area (Å²) >= 11 is 0. The molecule has 0 aliphatic carbocycles. The minimum atomic E-state index is -1.65. The van der Waals surface area contributed by atoms with Gasteiger partial charge in [0.1, 0.15) is 12.7 Å². The Morgan fingerprint density at radius 3 is 1.91 bits per heavy atom. The molecule has 120 valence electrons.